The molecule has 0 atom stereocenters. The number of rotatable bonds is 8. The van der Waals surface area contributed by atoms with Gasteiger partial charge in [0.1, 0.15) is 0 Å². The standard InChI is InChI=1S/C20H19N5OS2/c26-18(12-15-6-2-1-3-7-15)25-20(22-14-17-9-5-11-28-17)23-19(24-25)21-13-16-8-4-10-27-16/h1-11H,12-14H2,(H2,21,22,23,24). The lowest BCUT2D eigenvalue weighted by Crippen LogP contribution is -2.18. The molecule has 0 aliphatic carbocycles. The van der Waals surface area contributed by atoms with Crippen LogP contribution in [0.4, 0.5) is 11.9 Å². The van der Waals surface area contributed by atoms with E-state index < -0.39 is 0 Å². The van der Waals surface area contributed by atoms with Crippen molar-refractivity contribution in [3.63, 3.8) is 0 Å². The van der Waals surface area contributed by atoms with Gasteiger partial charge in [-0.1, -0.05) is 42.5 Å². The average Bonchev–Trinajstić information content (AvgIpc) is 3.47. The molecule has 8 heteroatoms. The zero-order chi connectivity index (χ0) is 19.2. The van der Waals surface area contributed by atoms with Crippen LogP contribution < -0.4 is 10.6 Å². The van der Waals surface area contributed by atoms with Gasteiger partial charge in [-0.3, -0.25) is 4.79 Å². The van der Waals surface area contributed by atoms with Gasteiger partial charge in [-0.05, 0) is 28.5 Å². The molecule has 0 amide bonds. The van der Waals surface area contributed by atoms with Crippen molar-refractivity contribution < 1.29 is 4.79 Å². The number of nitrogens with zero attached hydrogens (tertiary/aromatic N) is 3. The SMILES string of the molecule is O=C(Cc1ccccc1)n1nc(NCc2cccs2)nc1NCc1cccs1. The lowest BCUT2D eigenvalue weighted by Gasteiger charge is -2.06. The highest BCUT2D eigenvalue weighted by Gasteiger charge is 2.17. The summed E-state index contributed by atoms with van der Waals surface area (Å²) in [6, 6.07) is 17.7. The van der Waals surface area contributed by atoms with Crippen LogP contribution in [-0.4, -0.2) is 20.7 Å². The molecular formula is C20H19N5OS2. The normalized spacial score (nSPS) is 10.7. The summed E-state index contributed by atoms with van der Waals surface area (Å²) in [5.41, 5.74) is 0.945. The molecule has 6 nitrogen and oxygen atoms in total. The number of hydrogen-bond donors (Lipinski definition) is 2. The van der Waals surface area contributed by atoms with Crippen LogP contribution in [0, 0.1) is 0 Å². The van der Waals surface area contributed by atoms with E-state index in [1.165, 1.54) is 9.56 Å². The Morgan fingerprint density at radius 3 is 2.21 bits per heavy atom. The smallest absolute Gasteiger partial charge is 0.254 e. The highest BCUT2D eigenvalue weighted by atomic mass is 32.1. The molecule has 0 saturated heterocycles. The van der Waals surface area contributed by atoms with E-state index in [1.807, 2.05) is 65.4 Å². The molecule has 3 aromatic heterocycles. The third-order valence-electron chi connectivity index (χ3n) is 4.04. The van der Waals surface area contributed by atoms with E-state index in [9.17, 15) is 4.79 Å². The van der Waals surface area contributed by atoms with Crippen LogP contribution in [0.2, 0.25) is 0 Å². The van der Waals surface area contributed by atoms with E-state index in [0.717, 1.165) is 10.4 Å². The van der Waals surface area contributed by atoms with E-state index >= 15 is 0 Å². The average molecular weight is 410 g/mol. The minimum atomic E-state index is -0.128. The molecule has 0 unspecified atom stereocenters. The summed E-state index contributed by atoms with van der Waals surface area (Å²) in [6.07, 6.45) is 0.266. The number of benzene rings is 1. The summed E-state index contributed by atoms with van der Waals surface area (Å²) >= 11 is 3.32. The highest BCUT2D eigenvalue weighted by Crippen LogP contribution is 2.16. The van der Waals surface area contributed by atoms with Crippen LogP contribution in [0.1, 0.15) is 20.1 Å². The Bertz CT molecular complexity index is 1010. The van der Waals surface area contributed by atoms with Crippen molar-refractivity contribution in [2.75, 3.05) is 10.6 Å². The molecule has 3 heterocycles. The molecule has 0 aliphatic rings. The van der Waals surface area contributed by atoms with Crippen molar-refractivity contribution >= 4 is 40.5 Å². The highest BCUT2D eigenvalue weighted by molar-refractivity contribution is 7.10. The Balaban J connectivity index is 1.51. The quantitative estimate of drug-likeness (QED) is 0.448. The molecule has 28 heavy (non-hydrogen) atoms. The molecule has 0 fully saturated rings. The van der Waals surface area contributed by atoms with Gasteiger partial charge in [0.2, 0.25) is 11.9 Å². The first-order chi connectivity index (χ1) is 13.8. The van der Waals surface area contributed by atoms with Crippen molar-refractivity contribution in [3.05, 3.63) is 80.7 Å². The van der Waals surface area contributed by atoms with Crippen molar-refractivity contribution in [2.45, 2.75) is 19.5 Å². The summed E-state index contributed by atoms with van der Waals surface area (Å²) < 4.78 is 1.36. The lowest BCUT2D eigenvalue weighted by atomic mass is 10.1. The number of carbonyl (C=O) groups is 1. The molecule has 142 valence electrons. The fraction of sp³-hybridized carbons (Fsp3) is 0.150. The lowest BCUT2D eigenvalue weighted by molar-refractivity contribution is 0.0901. The molecular weight excluding hydrogens is 390 g/mol. The van der Waals surface area contributed by atoms with Gasteiger partial charge < -0.3 is 10.6 Å². The van der Waals surface area contributed by atoms with Crippen molar-refractivity contribution in [3.8, 4) is 0 Å². The molecule has 0 bridgehead atoms. The minimum absolute atomic E-state index is 0.128. The minimum Gasteiger partial charge on any atom is -0.349 e. The third-order valence-corrected chi connectivity index (χ3v) is 5.80. The van der Waals surface area contributed by atoms with Gasteiger partial charge in [-0.15, -0.1) is 27.8 Å². The first kappa shape index (κ1) is 18.4. The first-order valence-electron chi connectivity index (χ1n) is 8.84. The third kappa shape index (κ3) is 4.65. The second-order valence-electron chi connectivity index (χ2n) is 6.09. The topological polar surface area (TPSA) is 71.8 Å². The number of anilines is 2. The largest absolute Gasteiger partial charge is 0.349 e. The van der Waals surface area contributed by atoms with Crippen molar-refractivity contribution in [2.24, 2.45) is 0 Å². The van der Waals surface area contributed by atoms with Gasteiger partial charge in [-0.25, -0.2) is 0 Å². The van der Waals surface area contributed by atoms with Crippen LogP contribution in [0.3, 0.4) is 0 Å². The summed E-state index contributed by atoms with van der Waals surface area (Å²) in [6.45, 7) is 1.22. The van der Waals surface area contributed by atoms with Gasteiger partial charge in [0.25, 0.3) is 5.91 Å². The Morgan fingerprint density at radius 2 is 1.57 bits per heavy atom. The molecule has 2 N–H and O–H groups in total. The molecule has 0 radical (unpaired) electrons. The van der Waals surface area contributed by atoms with Crippen LogP contribution in [0.25, 0.3) is 0 Å². The molecule has 1 aromatic carbocycles. The van der Waals surface area contributed by atoms with E-state index in [-0.39, 0.29) is 12.3 Å². The van der Waals surface area contributed by atoms with Crippen molar-refractivity contribution in [1.29, 1.82) is 0 Å². The zero-order valence-corrected chi connectivity index (χ0v) is 16.7. The fourth-order valence-electron chi connectivity index (χ4n) is 2.68. The Kier molecular flexibility index (Phi) is 5.79. The number of hydrogen-bond acceptors (Lipinski definition) is 7. The van der Waals surface area contributed by atoms with E-state index in [0.29, 0.717) is 25.0 Å². The molecule has 0 aliphatic heterocycles. The van der Waals surface area contributed by atoms with Crippen LogP contribution >= 0.6 is 22.7 Å². The van der Waals surface area contributed by atoms with Gasteiger partial charge in [0.05, 0.1) is 19.5 Å². The summed E-state index contributed by atoms with van der Waals surface area (Å²) in [4.78, 5) is 19.7. The van der Waals surface area contributed by atoms with Crippen molar-refractivity contribution in [1.82, 2.24) is 14.8 Å². The summed E-state index contributed by atoms with van der Waals surface area (Å²) in [5, 5.41) is 14.9. The predicted molar refractivity (Wildman–Crippen MR) is 114 cm³/mol. The number of thiophene rings is 2. The maximum Gasteiger partial charge on any atom is 0.254 e. The van der Waals surface area contributed by atoms with Crippen LogP contribution in [0.15, 0.2) is 65.4 Å². The van der Waals surface area contributed by atoms with E-state index in [1.54, 1.807) is 22.7 Å². The molecule has 0 saturated carbocycles. The maximum absolute atomic E-state index is 12.8. The second kappa shape index (κ2) is 8.81. The Hall–Kier alpha value is -2.97. The van der Waals surface area contributed by atoms with Gasteiger partial charge in [-0.2, -0.15) is 9.67 Å². The monoisotopic (exact) mass is 409 g/mol. The fourth-order valence-corrected chi connectivity index (χ4v) is 3.97. The van der Waals surface area contributed by atoms with Gasteiger partial charge in [0, 0.05) is 9.75 Å². The second-order valence-corrected chi connectivity index (χ2v) is 8.16. The Labute approximate surface area is 170 Å². The molecule has 4 aromatic rings. The predicted octanol–water partition coefficient (Wildman–Crippen LogP) is 4.51. The van der Waals surface area contributed by atoms with Crippen LogP contribution in [0.5, 0.6) is 0 Å². The maximum atomic E-state index is 12.8. The van der Waals surface area contributed by atoms with Gasteiger partial charge >= 0.3 is 0 Å². The number of aromatic nitrogens is 3. The first-order valence-corrected chi connectivity index (χ1v) is 10.6. The molecule has 0 spiro atoms. The summed E-state index contributed by atoms with van der Waals surface area (Å²) in [7, 11) is 0. The zero-order valence-electron chi connectivity index (χ0n) is 15.0. The van der Waals surface area contributed by atoms with E-state index in [2.05, 4.69) is 20.7 Å². The van der Waals surface area contributed by atoms with Crippen LogP contribution in [-0.2, 0) is 19.5 Å². The molecule has 4 rings (SSSR count). The Morgan fingerprint density at radius 1 is 0.893 bits per heavy atom. The number of nitrogens with one attached hydrogen (secondary N) is 2. The van der Waals surface area contributed by atoms with E-state index in [4.69, 9.17) is 0 Å². The number of carbonyl (C=O) groups excluding carboxylic acids is 1. The summed E-state index contributed by atoms with van der Waals surface area (Å²) in [5.74, 6) is 0.753. The van der Waals surface area contributed by atoms with Gasteiger partial charge in [0.15, 0.2) is 0 Å².